The van der Waals surface area contributed by atoms with Gasteiger partial charge < -0.3 is 10.1 Å². The van der Waals surface area contributed by atoms with Crippen molar-refractivity contribution in [2.75, 3.05) is 13.2 Å². The first-order chi connectivity index (χ1) is 6.99. The maximum absolute atomic E-state index is 5.92. The van der Waals surface area contributed by atoms with Crippen LogP contribution in [0.3, 0.4) is 0 Å². The Bertz CT molecular complexity index is 215. The zero-order valence-corrected chi connectivity index (χ0v) is 10.4. The van der Waals surface area contributed by atoms with Gasteiger partial charge in [0.05, 0.1) is 5.60 Å². The van der Waals surface area contributed by atoms with Gasteiger partial charge in [-0.2, -0.15) is 0 Å². The van der Waals surface area contributed by atoms with Gasteiger partial charge in [0.1, 0.15) is 0 Å². The van der Waals surface area contributed by atoms with E-state index in [9.17, 15) is 0 Å². The molecule has 0 amide bonds. The van der Waals surface area contributed by atoms with Crippen molar-refractivity contribution in [3.8, 4) is 0 Å². The third-order valence-corrected chi connectivity index (χ3v) is 3.68. The fourth-order valence-electron chi connectivity index (χ4n) is 2.57. The quantitative estimate of drug-likeness (QED) is 0.758. The second-order valence-corrected chi connectivity index (χ2v) is 6.52. The number of hydrogen-bond acceptors (Lipinski definition) is 2. The molecule has 1 atom stereocenters. The van der Waals surface area contributed by atoms with Crippen molar-refractivity contribution in [2.24, 2.45) is 5.41 Å². The lowest BCUT2D eigenvalue weighted by Crippen LogP contribution is -2.51. The molecule has 0 bridgehead atoms. The predicted molar refractivity (Wildman–Crippen MR) is 63.0 cm³/mol. The van der Waals surface area contributed by atoms with Crippen LogP contribution in [-0.4, -0.2) is 24.8 Å². The minimum Gasteiger partial charge on any atom is -0.375 e. The first-order valence-corrected chi connectivity index (χ1v) is 6.37. The van der Waals surface area contributed by atoms with Crippen molar-refractivity contribution in [1.29, 1.82) is 0 Å². The Labute approximate surface area is 93.8 Å². The van der Waals surface area contributed by atoms with Gasteiger partial charge in [-0.05, 0) is 37.5 Å². The van der Waals surface area contributed by atoms with E-state index in [1.165, 1.54) is 32.1 Å². The monoisotopic (exact) mass is 211 g/mol. The Morgan fingerprint density at radius 3 is 2.60 bits per heavy atom. The first kappa shape index (κ1) is 11.4. The lowest BCUT2D eigenvalue weighted by atomic mass is 9.74. The Hall–Kier alpha value is -0.0800. The lowest BCUT2D eigenvalue weighted by Gasteiger charge is -2.47. The minimum atomic E-state index is 0.286. The highest BCUT2D eigenvalue weighted by Gasteiger charge is 2.42. The molecule has 2 rings (SSSR count). The number of ether oxygens (including phenoxy) is 1. The maximum Gasteiger partial charge on any atom is 0.0697 e. The average Bonchev–Trinajstić information content (AvgIpc) is 2.12. The van der Waals surface area contributed by atoms with Crippen LogP contribution in [0.1, 0.15) is 52.9 Å². The molecule has 0 aromatic heterocycles. The topological polar surface area (TPSA) is 21.3 Å². The standard InChI is InChI=1S/C13H25NO/c1-12(2,3)10-14-11-5-8-15-13(9-11)6-4-7-13/h11,14H,4-10H2,1-3H3. The fraction of sp³-hybridized carbons (Fsp3) is 1.00. The van der Waals surface area contributed by atoms with E-state index in [2.05, 4.69) is 26.1 Å². The van der Waals surface area contributed by atoms with E-state index in [0.29, 0.717) is 11.5 Å². The second kappa shape index (κ2) is 4.06. The van der Waals surface area contributed by atoms with Crippen LogP contribution in [0.2, 0.25) is 0 Å². The van der Waals surface area contributed by atoms with Crippen LogP contribution in [0.25, 0.3) is 0 Å². The summed E-state index contributed by atoms with van der Waals surface area (Å²) in [4.78, 5) is 0. The van der Waals surface area contributed by atoms with E-state index in [-0.39, 0.29) is 5.60 Å². The van der Waals surface area contributed by atoms with Crippen molar-refractivity contribution >= 4 is 0 Å². The molecule has 2 fully saturated rings. The molecule has 2 nitrogen and oxygen atoms in total. The molecule has 15 heavy (non-hydrogen) atoms. The van der Waals surface area contributed by atoms with Gasteiger partial charge in [-0.15, -0.1) is 0 Å². The van der Waals surface area contributed by atoms with E-state index in [1.807, 2.05) is 0 Å². The molecule has 2 aliphatic rings. The zero-order chi connectivity index (χ0) is 10.9. The number of hydrogen-bond donors (Lipinski definition) is 1. The van der Waals surface area contributed by atoms with Gasteiger partial charge in [-0.1, -0.05) is 20.8 Å². The van der Waals surface area contributed by atoms with Crippen molar-refractivity contribution in [3.63, 3.8) is 0 Å². The molecule has 1 heterocycles. The van der Waals surface area contributed by atoms with Gasteiger partial charge in [0, 0.05) is 19.2 Å². The third-order valence-electron chi connectivity index (χ3n) is 3.68. The summed E-state index contributed by atoms with van der Waals surface area (Å²) >= 11 is 0. The van der Waals surface area contributed by atoms with Gasteiger partial charge >= 0.3 is 0 Å². The molecule has 1 N–H and O–H groups in total. The van der Waals surface area contributed by atoms with Crippen LogP contribution < -0.4 is 5.32 Å². The van der Waals surface area contributed by atoms with Gasteiger partial charge in [-0.3, -0.25) is 0 Å². The van der Waals surface area contributed by atoms with Crippen LogP contribution in [-0.2, 0) is 4.74 Å². The van der Waals surface area contributed by atoms with E-state index in [0.717, 1.165) is 13.2 Å². The molecule has 1 spiro atoms. The molecule has 1 saturated heterocycles. The lowest BCUT2D eigenvalue weighted by molar-refractivity contribution is -0.136. The van der Waals surface area contributed by atoms with Crippen LogP contribution >= 0.6 is 0 Å². The smallest absolute Gasteiger partial charge is 0.0697 e. The van der Waals surface area contributed by atoms with Crippen molar-refractivity contribution in [3.05, 3.63) is 0 Å². The van der Waals surface area contributed by atoms with E-state index < -0.39 is 0 Å². The van der Waals surface area contributed by atoms with Crippen molar-refractivity contribution in [1.82, 2.24) is 5.32 Å². The highest BCUT2D eigenvalue weighted by atomic mass is 16.5. The summed E-state index contributed by atoms with van der Waals surface area (Å²) in [7, 11) is 0. The maximum atomic E-state index is 5.92. The highest BCUT2D eigenvalue weighted by molar-refractivity contribution is 4.96. The molecular formula is C13H25NO. The summed E-state index contributed by atoms with van der Waals surface area (Å²) in [6.07, 6.45) is 6.38. The summed E-state index contributed by atoms with van der Waals surface area (Å²) in [5.74, 6) is 0. The summed E-state index contributed by atoms with van der Waals surface area (Å²) in [6, 6.07) is 0.693. The average molecular weight is 211 g/mol. The van der Waals surface area contributed by atoms with Crippen molar-refractivity contribution in [2.45, 2.75) is 64.5 Å². The molecule has 0 aromatic carbocycles. The Kier molecular flexibility index (Phi) is 3.09. The van der Waals surface area contributed by atoms with Gasteiger partial charge in [0.25, 0.3) is 0 Å². The molecule has 1 saturated carbocycles. The summed E-state index contributed by atoms with van der Waals surface area (Å²) in [5.41, 5.74) is 0.679. The summed E-state index contributed by atoms with van der Waals surface area (Å²) in [5, 5.41) is 3.70. The molecule has 2 heteroatoms. The van der Waals surface area contributed by atoms with Crippen LogP contribution in [0.15, 0.2) is 0 Å². The van der Waals surface area contributed by atoms with Gasteiger partial charge in [-0.25, -0.2) is 0 Å². The van der Waals surface area contributed by atoms with Crippen LogP contribution in [0.4, 0.5) is 0 Å². The molecule has 0 aromatic rings. The predicted octanol–water partition coefficient (Wildman–Crippen LogP) is 2.72. The first-order valence-electron chi connectivity index (χ1n) is 6.37. The molecule has 1 aliphatic heterocycles. The molecule has 88 valence electrons. The Morgan fingerprint density at radius 1 is 1.33 bits per heavy atom. The SMILES string of the molecule is CC(C)(C)CNC1CCOC2(CCC2)C1. The molecule has 1 aliphatic carbocycles. The molecule has 0 radical (unpaired) electrons. The Balaban J connectivity index is 1.78. The molecule has 1 unspecified atom stereocenters. The third kappa shape index (κ3) is 2.94. The zero-order valence-electron chi connectivity index (χ0n) is 10.4. The fourth-order valence-corrected chi connectivity index (χ4v) is 2.57. The number of nitrogens with one attached hydrogen (secondary N) is 1. The summed E-state index contributed by atoms with van der Waals surface area (Å²) < 4.78 is 5.92. The second-order valence-electron chi connectivity index (χ2n) is 6.52. The van der Waals surface area contributed by atoms with E-state index in [1.54, 1.807) is 0 Å². The van der Waals surface area contributed by atoms with E-state index >= 15 is 0 Å². The number of rotatable bonds is 2. The summed E-state index contributed by atoms with van der Waals surface area (Å²) in [6.45, 7) is 8.95. The minimum absolute atomic E-state index is 0.286. The van der Waals surface area contributed by atoms with Gasteiger partial charge in [0.2, 0.25) is 0 Å². The van der Waals surface area contributed by atoms with Crippen molar-refractivity contribution < 1.29 is 4.74 Å². The normalized spacial score (nSPS) is 30.2. The largest absolute Gasteiger partial charge is 0.375 e. The Morgan fingerprint density at radius 2 is 2.07 bits per heavy atom. The van der Waals surface area contributed by atoms with E-state index in [4.69, 9.17) is 4.74 Å². The molecular weight excluding hydrogens is 186 g/mol. The van der Waals surface area contributed by atoms with Crippen LogP contribution in [0.5, 0.6) is 0 Å². The van der Waals surface area contributed by atoms with Crippen LogP contribution in [0, 0.1) is 5.41 Å². The van der Waals surface area contributed by atoms with Gasteiger partial charge in [0.15, 0.2) is 0 Å². The highest BCUT2D eigenvalue weighted by Crippen LogP contribution is 2.42.